The molecule has 0 aliphatic carbocycles. The molecule has 2 N–H and O–H groups in total. The zero-order chi connectivity index (χ0) is 10.4. The lowest BCUT2D eigenvalue weighted by Gasteiger charge is -2.02. The van der Waals surface area contributed by atoms with E-state index in [1.165, 1.54) is 7.11 Å². The van der Waals surface area contributed by atoms with Crippen molar-refractivity contribution in [2.24, 2.45) is 5.73 Å². The Morgan fingerprint density at radius 3 is 2.64 bits per heavy atom. The van der Waals surface area contributed by atoms with Crippen LogP contribution >= 0.6 is 0 Å². The van der Waals surface area contributed by atoms with E-state index in [1.54, 1.807) is 12.2 Å². The second-order valence-electron chi connectivity index (χ2n) is 2.82. The highest BCUT2D eigenvalue weighted by molar-refractivity contribution is 5.79. The number of hydrogen-bond acceptors (Lipinski definition) is 3. The normalized spacial score (nSPS) is 12.7. The molecule has 1 aromatic carbocycles. The molecule has 1 atom stereocenters. The second kappa shape index (κ2) is 5.19. The molecule has 0 saturated heterocycles. The monoisotopic (exact) mass is 191 g/mol. The van der Waals surface area contributed by atoms with Crippen LogP contribution in [0.25, 0.3) is 6.08 Å². The highest BCUT2D eigenvalue weighted by atomic mass is 16.5. The minimum absolute atomic E-state index is 0.433. The Morgan fingerprint density at radius 1 is 1.43 bits per heavy atom. The van der Waals surface area contributed by atoms with E-state index in [4.69, 9.17) is 5.73 Å². The summed E-state index contributed by atoms with van der Waals surface area (Å²) in [6, 6.07) is 8.94. The zero-order valence-electron chi connectivity index (χ0n) is 8.01. The fourth-order valence-electron chi connectivity index (χ4n) is 0.994. The average molecular weight is 191 g/mol. The molecule has 1 aromatic rings. The summed E-state index contributed by atoms with van der Waals surface area (Å²) in [4.78, 5) is 10.9. The first kappa shape index (κ1) is 10.5. The number of nitrogens with two attached hydrogens (primary N) is 1. The number of methoxy groups -OCH3 is 1. The molecule has 1 unspecified atom stereocenters. The molecular formula is C11H13NO2. The van der Waals surface area contributed by atoms with Crippen LogP contribution in [0.1, 0.15) is 5.56 Å². The molecule has 0 radical (unpaired) electrons. The van der Waals surface area contributed by atoms with E-state index in [0.29, 0.717) is 0 Å². The highest BCUT2D eigenvalue weighted by Gasteiger charge is 2.08. The van der Waals surface area contributed by atoms with Crippen molar-refractivity contribution in [3.63, 3.8) is 0 Å². The predicted octanol–water partition coefficient (Wildman–Crippen LogP) is 1.20. The minimum Gasteiger partial charge on any atom is -0.468 e. The van der Waals surface area contributed by atoms with Crippen molar-refractivity contribution in [3.8, 4) is 0 Å². The first-order valence-electron chi connectivity index (χ1n) is 4.30. The van der Waals surface area contributed by atoms with Crippen LogP contribution in [-0.2, 0) is 9.53 Å². The Kier molecular flexibility index (Phi) is 3.88. The Hall–Kier alpha value is -1.61. The lowest BCUT2D eigenvalue weighted by atomic mass is 10.2. The van der Waals surface area contributed by atoms with Gasteiger partial charge in [0.1, 0.15) is 6.04 Å². The summed E-state index contributed by atoms with van der Waals surface area (Å²) in [6.07, 6.45) is 3.41. The molecule has 0 aliphatic rings. The van der Waals surface area contributed by atoms with Gasteiger partial charge in [-0.05, 0) is 5.56 Å². The molecule has 0 saturated carbocycles. The molecule has 74 valence electrons. The van der Waals surface area contributed by atoms with E-state index in [0.717, 1.165) is 5.56 Å². The molecule has 0 spiro atoms. The third kappa shape index (κ3) is 3.03. The number of hydrogen-bond donors (Lipinski definition) is 1. The maximum Gasteiger partial charge on any atom is 0.326 e. The number of carbonyl (C=O) groups is 1. The maximum atomic E-state index is 10.9. The molecule has 0 bridgehead atoms. The average Bonchev–Trinajstić information content (AvgIpc) is 2.26. The van der Waals surface area contributed by atoms with Crippen LogP contribution < -0.4 is 5.73 Å². The first-order chi connectivity index (χ1) is 6.74. The Bertz CT molecular complexity index is 319. The van der Waals surface area contributed by atoms with Crippen molar-refractivity contribution >= 4 is 12.0 Å². The highest BCUT2D eigenvalue weighted by Crippen LogP contribution is 2.01. The van der Waals surface area contributed by atoms with Crippen molar-refractivity contribution in [2.75, 3.05) is 7.11 Å². The van der Waals surface area contributed by atoms with E-state index in [-0.39, 0.29) is 0 Å². The molecule has 0 amide bonds. The molecule has 14 heavy (non-hydrogen) atoms. The van der Waals surface area contributed by atoms with Gasteiger partial charge in [0.2, 0.25) is 0 Å². The lowest BCUT2D eigenvalue weighted by Crippen LogP contribution is -2.28. The number of benzene rings is 1. The van der Waals surface area contributed by atoms with E-state index in [9.17, 15) is 4.79 Å². The summed E-state index contributed by atoms with van der Waals surface area (Å²) in [5, 5.41) is 0. The van der Waals surface area contributed by atoms with Gasteiger partial charge in [-0.15, -0.1) is 0 Å². The molecule has 3 nitrogen and oxygen atoms in total. The molecule has 1 rings (SSSR count). The van der Waals surface area contributed by atoms with Gasteiger partial charge in [0.05, 0.1) is 7.11 Å². The Morgan fingerprint density at radius 2 is 2.07 bits per heavy atom. The molecule has 0 fully saturated rings. The number of carbonyl (C=O) groups excluding carboxylic acids is 1. The van der Waals surface area contributed by atoms with Gasteiger partial charge in [0.25, 0.3) is 0 Å². The van der Waals surface area contributed by atoms with Crippen LogP contribution in [0, 0.1) is 0 Å². The summed E-state index contributed by atoms with van der Waals surface area (Å²) in [5.41, 5.74) is 6.52. The topological polar surface area (TPSA) is 52.3 Å². The molecule has 3 heteroatoms. The minimum atomic E-state index is -0.694. The Labute approximate surface area is 83.2 Å². The van der Waals surface area contributed by atoms with Gasteiger partial charge in [0, 0.05) is 0 Å². The van der Waals surface area contributed by atoms with Gasteiger partial charge in [0.15, 0.2) is 0 Å². The third-order valence-corrected chi connectivity index (χ3v) is 1.77. The molecular weight excluding hydrogens is 178 g/mol. The van der Waals surface area contributed by atoms with E-state index in [1.807, 2.05) is 30.3 Å². The van der Waals surface area contributed by atoms with Crippen molar-refractivity contribution in [1.82, 2.24) is 0 Å². The molecule has 0 heterocycles. The number of ether oxygens (including phenoxy) is 1. The quantitative estimate of drug-likeness (QED) is 0.730. The first-order valence-corrected chi connectivity index (χ1v) is 4.30. The van der Waals surface area contributed by atoms with E-state index >= 15 is 0 Å². The fraction of sp³-hybridized carbons (Fsp3) is 0.182. The van der Waals surface area contributed by atoms with E-state index in [2.05, 4.69) is 4.74 Å². The summed E-state index contributed by atoms with van der Waals surface area (Å²) in [6.45, 7) is 0. The molecule has 0 aromatic heterocycles. The Balaban J connectivity index is 2.60. The van der Waals surface area contributed by atoms with Crippen LogP contribution in [0.3, 0.4) is 0 Å². The summed E-state index contributed by atoms with van der Waals surface area (Å²) >= 11 is 0. The van der Waals surface area contributed by atoms with Crippen LogP contribution in [-0.4, -0.2) is 19.1 Å². The van der Waals surface area contributed by atoms with Crippen molar-refractivity contribution in [2.45, 2.75) is 6.04 Å². The van der Waals surface area contributed by atoms with Crippen LogP contribution in [0.2, 0.25) is 0 Å². The number of rotatable bonds is 3. The third-order valence-electron chi connectivity index (χ3n) is 1.77. The van der Waals surface area contributed by atoms with Crippen molar-refractivity contribution in [3.05, 3.63) is 42.0 Å². The lowest BCUT2D eigenvalue weighted by molar-refractivity contribution is -0.140. The smallest absolute Gasteiger partial charge is 0.326 e. The van der Waals surface area contributed by atoms with Gasteiger partial charge in [-0.2, -0.15) is 0 Å². The van der Waals surface area contributed by atoms with Crippen LogP contribution in [0.15, 0.2) is 36.4 Å². The predicted molar refractivity (Wildman–Crippen MR) is 55.5 cm³/mol. The standard InChI is InChI=1S/C11H13NO2/c1-14-11(13)10(12)8-7-9-5-3-2-4-6-9/h2-8,10H,12H2,1H3/b8-7+. The van der Waals surface area contributed by atoms with Crippen LogP contribution in [0.5, 0.6) is 0 Å². The number of esters is 1. The van der Waals surface area contributed by atoms with Gasteiger partial charge in [-0.3, -0.25) is 4.79 Å². The summed E-state index contributed by atoms with van der Waals surface area (Å²) in [5.74, 6) is -0.433. The van der Waals surface area contributed by atoms with Gasteiger partial charge >= 0.3 is 5.97 Å². The van der Waals surface area contributed by atoms with Gasteiger partial charge in [-0.25, -0.2) is 0 Å². The van der Waals surface area contributed by atoms with Crippen molar-refractivity contribution in [1.29, 1.82) is 0 Å². The fourth-order valence-corrected chi connectivity index (χ4v) is 0.994. The summed E-state index contributed by atoms with van der Waals surface area (Å²) in [7, 11) is 1.32. The van der Waals surface area contributed by atoms with Gasteiger partial charge in [-0.1, -0.05) is 42.5 Å². The SMILES string of the molecule is COC(=O)C(N)/C=C/c1ccccc1. The second-order valence-corrected chi connectivity index (χ2v) is 2.82. The van der Waals surface area contributed by atoms with Crippen LogP contribution in [0.4, 0.5) is 0 Å². The molecule has 0 aliphatic heterocycles. The van der Waals surface area contributed by atoms with E-state index < -0.39 is 12.0 Å². The maximum absolute atomic E-state index is 10.9. The zero-order valence-corrected chi connectivity index (χ0v) is 8.01. The van der Waals surface area contributed by atoms with Crippen molar-refractivity contribution < 1.29 is 9.53 Å². The largest absolute Gasteiger partial charge is 0.468 e. The summed E-state index contributed by atoms with van der Waals surface area (Å²) < 4.78 is 4.49. The van der Waals surface area contributed by atoms with Gasteiger partial charge < -0.3 is 10.5 Å².